The third-order valence-corrected chi connectivity index (χ3v) is 13.6. The third-order valence-electron chi connectivity index (χ3n) is 12.8. The van der Waals surface area contributed by atoms with Crippen molar-refractivity contribution in [3.05, 3.63) is 24.3 Å². The molecule has 226 valence electrons. The first-order valence-corrected chi connectivity index (χ1v) is 17.9. The molecule has 0 amide bonds. The van der Waals surface area contributed by atoms with Crippen LogP contribution >= 0.6 is 11.3 Å². The van der Waals surface area contributed by atoms with E-state index in [-0.39, 0.29) is 0 Å². The predicted molar refractivity (Wildman–Crippen MR) is 177 cm³/mol. The Balaban J connectivity index is 1.15. The van der Waals surface area contributed by atoms with Gasteiger partial charge in [-0.05, 0) is 103 Å². The Labute approximate surface area is 256 Å². The van der Waals surface area contributed by atoms with E-state index in [9.17, 15) is 0 Å². The zero-order valence-corrected chi connectivity index (χ0v) is 27.3. The third kappa shape index (κ3) is 4.88. The van der Waals surface area contributed by atoms with Gasteiger partial charge in [0.15, 0.2) is 10.5 Å². The minimum absolute atomic E-state index is 0.387. The molecule has 2 heterocycles. The lowest BCUT2D eigenvalue weighted by Gasteiger charge is -2.61. The number of anilines is 1. The number of para-hydroxylation sites is 2. The first-order valence-electron chi connectivity index (χ1n) is 17.1. The van der Waals surface area contributed by atoms with Crippen molar-refractivity contribution in [2.75, 3.05) is 5.43 Å². The lowest BCUT2D eigenvalue weighted by atomic mass is 9.44. The van der Waals surface area contributed by atoms with Gasteiger partial charge in [-0.15, -0.1) is 0 Å². The van der Waals surface area contributed by atoms with Crippen LogP contribution in [0.25, 0.3) is 21.5 Å². The number of hydrogen-bond acceptors (Lipinski definition) is 6. The van der Waals surface area contributed by atoms with Crippen molar-refractivity contribution in [2.24, 2.45) is 57.4 Å². The average Bonchev–Trinajstić information content (AvgIpc) is 3.54. The maximum Gasteiger partial charge on any atom is 0.207 e. The molecule has 2 aromatic heterocycles. The molecule has 0 bridgehead atoms. The summed E-state index contributed by atoms with van der Waals surface area (Å²) >= 11 is 1.58. The molecule has 3 aromatic rings. The second kappa shape index (κ2) is 11.1. The van der Waals surface area contributed by atoms with Gasteiger partial charge in [0.2, 0.25) is 5.13 Å². The number of benzene rings is 1. The normalized spacial score (nSPS) is 36.2. The number of rotatable bonds is 7. The van der Waals surface area contributed by atoms with Gasteiger partial charge >= 0.3 is 0 Å². The molecule has 7 rings (SSSR count). The van der Waals surface area contributed by atoms with Crippen molar-refractivity contribution in [1.29, 1.82) is 0 Å². The summed E-state index contributed by atoms with van der Waals surface area (Å²) in [5.74, 6) is 5.66. The zero-order chi connectivity index (χ0) is 29.1. The molecule has 0 saturated heterocycles. The van der Waals surface area contributed by atoms with E-state index in [0.717, 1.165) is 62.1 Å². The summed E-state index contributed by atoms with van der Waals surface area (Å²) in [5.41, 5.74) is 8.31. The van der Waals surface area contributed by atoms with E-state index >= 15 is 0 Å². The standard InChI is InChI=1S/C36H51N5S/c1-22(2)11-10-12-23(3)25-16-17-26-24-21-31(28-13-8-9-19-35(28,4)27(24)18-20-36(25,26)5)40-41-34-39-32-33(42-34)38-30-15-7-6-14-29(30)37-32/h6-7,14-15,22-28H,8-13,16-21H2,1-5H3,(H,37,39,41)/b40-31+/t23-,24+,25-,26+,27+,28-,35-,36-/m1/s1. The van der Waals surface area contributed by atoms with Crippen LogP contribution in [0.5, 0.6) is 0 Å². The van der Waals surface area contributed by atoms with E-state index in [1.54, 1.807) is 11.3 Å². The van der Waals surface area contributed by atoms with Crippen LogP contribution < -0.4 is 5.43 Å². The van der Waals surface area contributed by atoms with Gasteiger partial charge in [0.05, 0.1) is 11.0 Å². The first kappa shape index (κ1) is 28.7. The first-order chi connectivity index (χ1) is 20.3. The molecule has 4 fully saturated rings. The van der Waals surface area contributed by atoms with Crippen molar-refractivity contribution in [2.45, 2.75) is 112 Å². The Morgan fingerprint density at radius 1 is 0.905 bits per heavy atom. The summed E-state index contributed by atoms with van der Waals surface area (Å²) in [7, 11) is 0. The fraction of sp³-hybridized carbons (Fsp3) is 0.722. The van der Waals surface area contributed by atoms with Crippen LogP contribution in [0, 0.1) is 52.3 Å². The molecule has 0 radical (unpaired) electrons. The SMILES string of the molecule is CC(C)CCC[C@@H](C)[C@H]1CC[C@H]2[C@@H]3C/C(=N\Nc4nc5nc6ccccc6nc5s4)[C@H]4CCCC[C@]4(C)[C@H]3CC[C@]12C. The van der Waals surface area contributed by atoms with Crippen LogP contribution in [0.1, 0.15) is 112 Å². The van der Waals surface area contributed by atoms with Gasteiger partial charge < -0.3 is 0 Å². The van der Waals surface area contributed by atoms with Crippen molar-refractivity contribution in [1.82, 2.24) is 15.0 Å². The fourth-order valence-corrected chi connectivity index (χ4v) is 11.5. The molecule has 4 aliphatic rings. The Kier molecular flexibility index (Phi) is 7.60. The number of aromatic nitrogens is 3. The molecule has 5 nitrogen and oxygen atoms in total. The van der Waals surface area contributed by atoms with Crippen LogP contribution in [0.3, 0.4) is 0 Å². The Morgan fingerprint density at radius 3 is 2.50 bits per heavy atom. The molecule has 0 unspecified atom stereocenters. The molecule has 4 aliphatic carbocycles. The highest BCUT2D eigenvalue weighted by molar-refractivity contribution is 7.21. The van der Waals surface area contributed by atoms with Crippen LogP contribution in [0.15, 0.2) is 29.4 Å². The van der Waals surface area contributed by atoms with E-state index in [4.69, 9.17) is 20.1 Å². The van der Waals surface area contributed by atoms with Gasteiger partial charge in [-0.3, -0.25) is 5.43 Å². The molecular formula is C36H51N5S. The molecular weight excluding hydrogens is 534 g/mol. The van der Waals surface area contributed by atoms with Gasteiger partial charge in [0.25, 0.3) is 0 Å². The highest BCUT2D eigenvalue weighted by atomic mass is 32.1. The summed E-state index contributed by atoms with van der Waals surface area (Å²) in [6, 6.07) is 8.06. The number of hydrogen-bond donors (Lipinski definition) is 1. The summed E-state index contributed by atoms with van der Waals surface area (Å²) in [4.78, 5) is 15.3. The summed E-state index contributed by atoms with van der Waals surface area (Å²) in [5, 5.41) is 6.06. The number of hydrazone groups is 1. The Morgan fingerprint density at radius 2 is 1.69 bits per heavy atom. The van der Waals surface area contributed by atoms with Gasteiger partial charge in [-0.1, -0.05) is 90.2 Å². The minimum Gasteiger partial charge on any atom is -0.253 e. The highest BCUT2D eigenvalue weighted by Gasteiger charge is 2.61. The van der Waals surface area contributed by atoms with Crippen molar-refractivity contribution >= 4 is 43.7 Å². The fourth-order valence-electron chi connectivity index (χ4n) is 10.8. The largest absolute Gasteiger partial charge is 0.253 e. The van der Waals surface area contributed by atoms with E-state index in [1.807, 2.05) is 24.3 Å². The van der Waals surface area contributed by atoms with Gasteiger partial charge in [-0.25, -0.2) is 9.97 Å². The van der Waals surface area contributed by atoms with Crippen molar-refractivity contribution < 1.29 is 0 Å². The molecule has 1 N–H and O–H groups in total. The van der Waals surface area contributed by atoms with Crippen molar-refractivity contribution in [3.8, 4) is 0 Å². The summed E-state index contributed by atoms with van der Waals surface area (Å²) in [6.07, 6.45) is 16.5. The lowest BCUT2D eigenvalue weighted by Crippen LogP contribution is -2.56. The molecule has 0 spiro atoms. The number of nitrogens with zero attached hydrogens (tertiary/aromatic N) is 4. The molecule has 4 saturated carbocycles. The number of nitrogens with one attached hydrogen (secondary N) is 1. The van der Waals surface area contributed by atoms with Gasteiger partial charge in [-0.2, -0.15) is 10.1 Å². The van der Waals surface area contributed by atoms with E-state index in [2.05, 4.69) is 40.0 Å². The average molecular weight is 586 g/mol. The van der Waals surface area contributed by atoms with Gasteiger partial charge in [0, 0.05) is 11.6 Å². The number of fused-ring (bicyclic) bond motifs is 7. The highest BCUT2D eigenvalue weighted by Crippen LogP contribution is 2.68. The number of thiazole rings is 1. The molecule has 6 heteroatoms. The summed E-state index contributed by atoms with van der Waals surface area (Å²) < 4.78 is 0. The second-order valence-electron chi connectivity index (χ2n) is 15.5. The second-order valence-corrected chi connectivity index (χ2v) is 16.5. The topological polar surface area (TPSA) is 63.1 Å². The maximum atomic E-state index is 5.25. The molecule has 1 aromatic carbocycles. The van der Waals surface area contributed by atoms with Crippen LogP contribution in [0.4, 0.5) is 5.13 Å². The van der Waals surface area contributed by atoms with Crippen LogP contribution in [-0.2, 0) is 0 Å². The molecule has 8 atom stereocenters. The smallest absolute Gasteiger partial charge is 0.207 e. The predicted octanol–water partition coefficient (Wildman–Crippen LogP) is 10.1. The van der Waals surface area contributed by atoms with E-state index in [1.165, 1.54) is 82.8 Å². The lowest BCUT2D eigenvalue weighted by molar-refractivity contribution is -0.0797. The zero-order valence-electron chi connectivity index (χ0n) is 26.5. The quantitative estimate of drug-likeness (QED) is 0.280. The Bertz CT molecular complexity index is 1410. The van der Waals surface area contributed by atoms with Crippen LogP contribution in [-0.4, -0.2) is 20.7 Å². The van der Waals surface area contributed by atoms with Crippen molar-refractivity contribution in [3.63, 3.8) is 0 Å². The van der Waals surface area contributed by atoms with Crippen LogP contribution in [0.2, 0.25) is 0 Å². The van der Waals surface area contributed by atoms with E-state index in [0.29, 0.717) is 16.7 Å². The summed E-state index contributed by atoms with van der Waals surface area (Å²) in [6.45, 7) is 12.7. The maximum absolute atomic E-state index is 5.25. The Hall–Kier alpha value is -2.08. The monoisotopic (exact) mass is 585 g/mol. The van der Waals surface area contributed by atoms with Gasteiger partial charge in [0.1, 0.15) is 0 Å². The minimum atomic E-state index is 0.387. The molecule has 0 aliphatic heterocycles. The van der Waals surface area contributed by atoms with E-state index < -0.39 is 0 Å². The molecule has 42 heavy (non-hydrogen) atoms.